The van der Waals surface area contributed by atoms with Crippen molar-refractivity contribution in [3.05, 3.63) is 44.8 Å². The van der Waals surface area contributed by atoms with Crippen molar-refractivity contribution in [3.63, 3.8) is 0 Å². The van der Waals surface area contributed by atoms with Gasteiger partial charge in [0.1, 0.15) is 4.88 Å². The number of carboxylic acids is 1. The molecule has 0 spiro atoms. The molecule has 1 N–H and O–H groups in total. The normalized spacial score (nSPS) is 10.5. The number of aryl methyl sites for hydroxylation is 1. The molecule has 0 aliphatic rings. The highest BCUT2D eigenvalue weighted by molar-refractivity contribution is 7.17. The summed E-state index contributed by atoms with van der Waals surface area (Å²) in [4.78, 5) is 12.1. The fourth-order valence-corrected chi connectivity index (χ4v) is 3.08. The average Bonchev–Trinajstić information content (AvgIpc) is 2.59. The van der Waals surface area contributed by atoms with Crippen LogP contribution in [0.3, 0.4) is 0 Å². The zero-order valence-electron chi connectivity index (χ0n) is 8.83. The van der Waals surface area contributed by atoms with Crippen molar-refractivity contribution in [1.29, 1.82) is 0 Å². The summed E-state index contributed by atoms with van der Waals surface area (Å²) in [5.74, 6) is -0.919. The number of hydrogen-bond acceptors (Lipinski definition) is 2. The van der Waals surface area contributed by atoms with Gasteiger partial charge in [-0.15, -0.1) is 11.3 Å². The summed E-state index contributed by atoms with van der Waals surface area (Å²) in [5, 5.41) is 10.0. The maximum atomic E-state index is 10.9. The molecule has 2 nitrogen and oxygen atoms in total. The van der Waals surface area contributed by atoms with Crippen LogP contribution in [0.5, 0.6) is 0 Å². The lowest BCUT2D eigenvalue weighted by molar-refractivity contribution is 0.0702. The zero-order valence-corrected chi connectivity index (χ0v) is 11.2. The molecule has 2 aromatic rings. The maximum absolute atomic E-state index is 10.9. The third kappa shape index (κ3) is 2.63. The first-order chi connectivity index (χ1) is 7.97. The Morgan fingerprint density at radius 2 is 1.76 bits per heavy atom. The Balaban J connectivity index is 2.56. The summed E-state index contributed by atoms with van der Waals surface area (Å²) >= 11 is 13.1. The van der Waals surface area contributed by atoms with Gasteiger partial charge in [-0.1, -0.05) is 23.2 Å². The second kappa shape index (κ2) is 4.69. The minimum atomic E-state index is -0.919. The lowest BCUT2D eigenvalue weighted by atomic mass is 10.1. The van der Waals surface area contributed by atoms with Crippen LogP contribution in [0, 0.1) is 6.92 Å². The molecule has 0 unspecified atom stereocenters. The van der Waals surface area contributed by atoms with Gasteiger partial charge in [-0.05, 0) is 42.3 Å². The van der Waals surface area contributed by atoms with Gasteiger partial charge in [0.15, 0.2) is 0 Å². The number of benzene rings is 1. The van der Waals surface area contributed by atoms with Gasteiger partial charge in [0.2, 0.25) is 0 Å². The quantitative estimate of drug-likeness (QED) is 0.867. The minimum Gasteiger partial charge on any atom is -0.477 e. The monoisotopic (exact) mass is 286 g/mol. The van der Waals surface area contributed by atoms with E-state index in [1.807, 2.05) is 6.92 Å². The molecule has 1 aromatic heterocycles. The Labute approximate surface area is 112 Å². The van der Waals surface area contributed by atoms with E-state index in [0.717, 1.165) is 16.0 Å². The molecule has 0 atom stereocenters. The van der Waals surface area contributed by atoms with Crippen LogP contribution in [0.2, 0.25) is 10.0 Å². The lowest BCUT2D eigenvalue weighted by Crippen LogP contribution is -1.89. The van der Waals surface area contributed by atoms with Crippen molar-refractivity contribution >= 4 is 40.5 Å². The largest absolute Gasteiger partial charge is 0.477 e. The van der Waals surface area contributed by atoms with Gasteiger partial charge in [0.05, 0.1) is 0 Å². The number of carboxylic acid groups (broad SMARTS) is 1. The summed E-state index contributed by atoms with van der Waals surface area (Å²) in [7, 11) is 0. The Kier molecular flexibility index (Phi) is 3.43. The molecule has 1 heterocycles. The Hall–Kier alpha value is -1.03. The first-order valence-corrected chi connectivity index (χ1v) is 6.35. The predicted octanol–water partition coefficient (Wildman–Crippen LogP) is 4.73. The van der Waals surface area contributed by atoms with Gasteiger partial charge in [0.25, 0.3) is 0 Å². The molecule has 0 saturated carbocycles. The van der Waals surface area contributed by atoms with Crippen molar-refractivity contribution in [1.82, 2.24) is 0 Å². The van der Waals surface area contributed by atoms with Gasteiger partial charge in [0, 0.05) is 14.9 Å². The average molecular weight is 287 g/mol. The highest BCUT2D eigenvalue weighted by atomic mass is 35.5. The molecular weight excluding hydrogens is 279 g/mol. The number of rotatable bonds is 2. The Morgan fingerprint density at radius 3 is 2.24 bits per heavy atom. The predicted molar refractivity (Wildman–Crippen MR) is 71.5 cm³/mol. The fraction of sp³-hybridized carbons (Fsp3) is 0.0833. The zero-order chi connectivity index (χ0) is 12.6. The highest BCUT2D eigenvalue weighted by Crippen LogP contribution is 2.35. The molecule has 5 heteroatoms. The van der Waals surface area contributed by atoms with Gasteiger partial charge in [-0.25, -0.2) is 4.79 Å². The summed E-state index contributed by atoms with van der Waals surface area (Å²) in [6.45, 7) is 1.87. The first-order valence-electron chi connectivity index (χ1n) is 4.77. The first kappa shape index (κ1) is 12.4. The van der Waals surface area contributed by atoms with E-state index in [-0.39, 0.29) is 0 Å². The molecule has 17 heavy (non-hydrogen) atoms. The standard InChI is InChI=1S/C12H8Cl2O2S/c1-6-2-10(12(15)16)17-11(6)7-3-8(13)5-9(14)4-7/h2-5H,1H3,(H,15,16). The SMILES string of the molecule is Cc1cc(C(=O)O)sc1-c1cc(Cl)cc(Cl)c1. The van der Waals surface area contributed by atoms with Crippen LogP contribution in [0.4, 0.5) is 0 Å². The topological polar surface area (TPSA) is 37.3 Å². The molecule has 0 radical (unpaired) electrons. The number of thiophene rings is 1. The van der Waals surface area contributed by atoms with Crippen LogP contribution >= 0.6 is 34.5 Å². The molecule has 1 aromatic carbocycles. The molecule has 0 aliphatic carbocycles. The van der Waals surface area contributed by atoms with E-state index in [1.165, 1.54) is 11.3 Å². The van der Waals surface area contributed by atoms with Gasteiger partial charge >= 0.3 is 5.97 Å². The molecule has 88 valence electrons. The van der Waals surface area contributed by atoms with E-state index < -0.39 is 5.97 Å². The molecular formula is C12H8Cl2O2S. The van der Waals surface area contributed by atoms with E-state index >= 15 is 0 Å². The summed E-state index contributed by atoms with van der Waals surface area (Å²) in [6.07, 6.45) is 0. The van der Waals surface area contributed by atoms with E-state index in [0.29, 0.717) is 14.9 Å². The smallest absolute Gasteiger partial charge is 0.345 e. The summed E-state index contributed by atoms with van der Waals surface area (Å²) < 4.78 is 0. The minimum absolute atomic E-state index is 0.314. The van der Waals surface area contributed by atoms with Crippen molar-refractivity contribution in [2.75, 3.05) is 0 Å². The number of carbonyl (C=O) groups is 1. The molecule has 0 amide bonds. The molecule has 0 aliphatic heterocycles. The van der Waals surface area contributed by atoms with E-state index in [9.17, 15) is 4.79 Å². The van der Waals surface area contributed by atoms with E-state index in [4.69, 9.17) is 28.3 Å². The van der Waals surface area contributed by atoms with Crippen LogP contribution in [-0.2, 0) is 0 Å². The third-order valence-electron chi connectivity index (χ3n) is 2.25. The van der Waals surface area contributed by atoms with Crippen molar-refractivity contribution in [3.8, 4) is 10.4 Å². The number of aromatic carboxylic acids is 1. The van der Waals surface area contributed by atoms with Crippen molar-refractivity contribution in [2.24, 2.45) is 0 Å². The fourth-order valence-electron chi connectivity index (χ4n) is 1.56. The molecule has 0 bridgehead atoms. The summed E-state index contributed by atoms with van der Waals surface area (Å²) in [6, 6.07) is 6.85. The van der Waals surface area contributed by atoms with Crippen LogP contribution in [0.15, 0.2) is 24.3 Å². The maximum Gasteiger partial charge on any atom is 0.345 e. The second-order valence-corrected chi connectivity index (χ2v) is 5.51. The third-order valence-corrected chi connectivity index (χ3v) is 3.96. The number of hydrogen-bond donors (Lipinski definition) is 1. The van der Waals surface area contributed by atoms with Crippen LogP contribution in [0.1, 0.15) is 15.2 Å². The van der Waals surface area contributed by atoms with Gasteiger partial charge < -0.3 is 5.11 Å². The molecule has 0 saturated heterocycles. The Morgan fingerprint density at radius 1 is 1.18 bits per heavy atom. The van der Waals surface area contributed by atoms with Gasteiger partial charge in [-0.2, -0.15) is 0 Å². The Bertz CT molecular complexity index is 570. The highest BCUT2D eigenvalue weighted by Gasteiger charge is 2.13. The molecule has 0 fully saturated rings. The van der Waals surface area contributed by atoms with Gasteiger partial charge in [-0.3, -0.25) is 0 Å². The van der Waals surface area contributed by atoms with E-state index in [2.05, 4.69) is 0 Å². The van der Waals surface area contributed by atoms with Crippen molar-refractivity contribution in [2.45, 2.75) is 6.92 Å². The second-order valence-electron chi connectivity index (χ2n) is 3.59. The summed E-state index contributed by atoms with van der Waals surface area (Å²) in [5.41, 5.74) is 1.75. The van der Waals surface area contributed by atoms with E-state index in [1.54, 1.807) is 24.3 Å². The molecule has 2 rings (SSSR count). The number of halogens is 2. The van der Waals surface area contributed by atoms with Crippen molar-refractivity contribution < 1.29 is 9.90 Å². The van der Waals surface area contributed by atoms with Crippen LogP contribution in [0.25, 0.3) is 10.4 Å². The lowest BCUT2D eigenvalue weighted by Gasteiger charge is -2.01. The van der Waals surface area contributed by atoms with Crippen LogP contribution in [-0.4, -0.2) is 11.1 Å². The van der Waals surface area contributed by atoms with Crippen LogP contribution < -0.4 is 0 Å².